The summed E-state index contributed by atoms with van der Waals surface area (Å²) in [5, 5.41) is 2.48. The van der Waals surface area contributed by atoms with Crippen molar-refractivity contribution in [1.82, 2.24) is 5.32 Å². The Morgan fingerprint density at radius 1 is 1.08 bits per heavy atom. The van der Waals surface area contributed by atoms with Gasteiger partial charge in [0.15, 0.2) is 6.10 Å². The number of hydrogen-bond donors (Lipinski definition) is 2. The fourth-order valence-corrected chi connectivity index (χ4v) is 3.11. The average molecular weight is 364 g/mol. The molecule has 2 aromatic rings. The van der Waals surface area contributed by atoms with Crippen LogP contribution in [0.1, 0.15) is 6.92 Å². The molecule has 7 nitrogen and oxygen atoms in total. The Balaban J connectivity index is 2.13. The highest BCUT2D eigenvalue weighted by Gasteiger charge is 2.16. The van der Waals surface area contributed by atoms with Crippen LogP contribution in [0, 0.1) is 0 Å². The molecule has 0 saturated heterocycles. The first-order valence-corrected chi connectivity index (χ1v) is 8.99. The second-order valence-corrected chi connectivity index (χ2v) is 6.87. The van der Waals surface area contributed by atoms with E-state index in [9.17, 15) is 13.2 Å². The lowest BCUT2D eigenvalue weighted by atomic mass is 10.3. The number of carbonyl (C=O) groups is 1. The van der Waals surface area contributed by atoms with Crippen molar-refractivity contribution in [2.24, 2.45) is 0 Å². The van der Waals surface area contributed by atoms with Crippen LogP contribution in [0.2, 0.25) is 0 Å². The van der Waals surface area contributed by atoms with Gasteiger partial charge in [0, 0.05) is 13.1 Å². The largest absolute Gasteiger partial charge is 0.497 e. The van der Waals surface area contributed by atoms with E-state index in [2.05, 4.69) is 10.0 Å². The van der Waals surface area contributed by atoms with Gasteiger partial charge in [0.2, 0.25) is 0 Å². The van der Waals surface area contributed by atoms with Crippen LogP contribution in [-0.2, 0) is 14.8 Å². The molecule has 134 valence electrons. The second kappa shape index (κ2) is 7.89. The number of amides is 1. The van der Waals surface area contributed by atoms with Crippen molar-refractivity contribution in [3.63, 3.8) is 0 Å². The molecule has 0 heterocycles. The number of benzene rings is 2. The van der Waals surface area contributed by atoms with Gasteiger partial charge in [-0.2, -0.15) is 0 Å². The van der Waals surface area contributed by atoms with Gasteiger partial charge in [0.05, 0.1) is 17.7 Å². The summed E-state index contributed by atoms with van der Waals surface area (Å²) in [6, 6.07) is 12.4. The van der Waals surface area contributed by atoms with Gasteiger partial charge in [-0.1, -0.05) is 6.07 Å². The summed E-state index contributed by atoms with van der Waals surface area (Å²) in [7, 11) is -0.723. The predicted molar refractivity (Wildman–Crippen MR) is 94.4 cm³/mol. The Morgan fingerprint density at radius 3 is 2.36 bits per heavy atom. The van der Waals surface area contributed by atoms with E-state index in [0.29, 0.717) is 17.2 Å². The molecule has 0 aromatic heterocycles. The highest BCUT2D eigenvalue weighted by Crippen LogP contribution is 2.22. The fourth-order valence-electron chi connectivity index (χ4n) is 2.06. The van der Waals surface area contributed by atoms with Gasteiger partial charge in [-0.3, -0.25) is 9.52 Å². The normalized spacial score (nSPS) is 12.1. The molecule has 0 radical (unpaired) electrons. The SMILES string of the molecule is CNC(=O)[C@@H](C)Oc1ccc(S(=O)(=O)Nc2cccc(OC)c2)cc1. The summed E-state index contributed by atoms with van der Waals surface area (Å²) in [5.74, 6) is 0.681. The zero-order chi connectivity index (χ0) is 18.4. The lowest BCUT2D eigenvalue weighted by Gasteiger charge is -2.14. The number of likely N-dealkylation sites (N-methyl/N-ethyl adjacent to an activating group) is 1. The Kier molecular flexibility index (Phi) is 5.87. The first-order chi connectivity index (χ1) is 11.9. The van der Waals surface area contributed by atoms with Gasteiger partial charge >= 0.3 is 0 Å². The van der Waals surface area contributed by atoms with E-state index in [4.69, 9.17) is 9.47 Å². The third-order valence-corrected chi connectivity index (χ3v) is 4.78. The predicted octanol–water partition coefficient (Wildman–Crippen LogP) is 2.01. The molecular formula is C17H20N2O5S. The van der Waals surface area contributed by atoms with Crippen LogP contribution < -0.4 is 19.5 Å². The molecule has 0 spiro atoms. The molecule has 0 aliphatic heterocycles. The van der Waals surface area contributed by atoms with Crippen molar-refractivity contribution in [3.05, 3.63) is 48.5 Å². The van der Waals surface area contributed by atoms with E-state index in [0.717, 1.165) is 0 Å². The third-order valence-electron chi connectivity index (χ3n) is 3.38. The summed E-state index contributed by atoms with van der Waals surface area (Å²) < 4.78 is 37.9. The van der Waals surface area contributed by atoms with Crippen molar-refractivity contribution in [2.75, 3.05) is 18.9 Å². The molecule has 25 heavy (non-hydrogen) atoms. The minimum atomic E-state index is -3.74. The van der Waals surface area contributed by atoms with E-state index in [-0.39, 0.29) is 10.8 Å². The van der Waals surface area contributed by atoms with Crippen LogP contribution in [-0.4, -0.2) is 34.6 Å². The number of ether oxygens (including phenoxy) is 2. The number of methoxy groups -OCH3 is 1. The molecule has 0 fully saturated rings. The highest BCUT2D eigenvalue weighted by molar-refractivity contribution is 7.92. The summed E-state index contributed by atoms with van der Waals surface area (Å²) in [5.41, 5.74) is 0.396. The number of sulfonamides is 1. The number of hydrogen-bond acceptors (Lipinski definition) is 5. The maximum atomic E-state index is 12.4. The van der Waals surface area contributed by atoms with Crippen molar-refractivity contribution in [1.29, 1.82) is 0 Å². The lowest BCUT2D eigenvalue weighted by molar-refractivity contribution is -0.126. The standard InChI is InChI=1S/C17H20N2O5S/c1-12(17(20)18-2)24-14-7-9-16(10-8-14)25(21,22)19-13-5-4-6-15(11-13)23-3/h4-12,19H,1-3H3,(H,18,20)/t12-/m1/s1. The van der Waals surface area contributed by atoms with E-state index < -0.39 is 16.1 Å². The van der Waals surface area contributed by atoms with Crippen LogP contribution in [0.25, 0.3) is 0 Å². The first-order valence-electron chi connectivity index (χ1n) is 7.51. The Morgan fingerprint density at radius 2 is 1.76 bits per heavy atom. The van der Waals surface area contributed by atoms with Crippen LogP contribution >= 0.6 is 0 Å². The number of rotatable bonds is 7. The van der Waals surface area contributed by atoms with E-state index in [1.165, 1.54) is 38.4 Å². The van der Waals surface area contributed by atoms with Crippen LogP contribution in [0.5, 0.6) is 11.5 Å². The Labute approximate surface area is 147 Å². The maximum absolute atomic E-state index is 12.4. The zero-order valence-electron chi connectivity index (χ0n) is 14.1. The molecule has 1 amide bonds. The van der Waals surface area contributed by atoms with Gasteiger partial charge in [0.1, 0.15) is 11.5 Å². The van der Waals surface area contributed by atoms with Crippen molar-refractivity contribution >= 4 is 21.6 Å². The summed E-state index contributed by atoms with van der Waals surface area (Å²) in [6.45, 7) is 1.60. The van der Waals surface area contributed by atoms with Gasteiger partial charge in [0.25, 0.3) is 15.9 Å². The van der Waals surface area contributed by atoms with Gasteiger partial charge in [-0.25, -0.2) is 8.42 Å². The minimum Gasteiger partial charge on any atom is -0.497 e. The molecule has 0 saturated carbocycles. The second-order valence-electron chi connectivity index (χ2n) is 5.18. The third kappa shape index (κ3) is 4.87. The summed E-state index contributed by atoms with van der Waals surface area (Å²) in [6.07, 6.45) is -0.678. The topological polar surface area (TPSA) is 93.7 Å². The smallest absolute Gasteiger partial charge is 0.261 e. The number of nitrogens with one attached hydrogen (secondary N) is 2. The summed E-state index contributed by atoms with van der Waals surface area (Å²) in [4.78, 5) is 11.5. The molecule has 0 unspecified atom stereocenters. The molecule has 2 aromatic carbocycles. The van der Waals surface area contributed by atoms with Crippen LogP contribution in [0.4, 0.5) is 5.69 Å². The first kappa shape index (κ1) is 18.6. The molecule has 2 N–H and O–H groups in total. The zero-order valence-corrected chi connectivity index (χ0v) is 15.0. The lowest BCUT2D eigenvalue weighted by Crippen LogP contribution is -2.33. The Bertz CT molecular complexity index is 834. The Hall–Kier alpha value is -2.74. The van der Waals surface area contributed by atoms with Crippen molar-refractivity contribution in [3.8, 4) is 11.5 Å². The molecular weight excluding hydrogens is 344 g/mol. The number of anilines is 1. The van der Waals surface area contributed by atoms with Gasteiger partial charge in [-0.05, 0) is 43.3 Å². The van der Waals surface area contributed by atoms with E-state index >= 15 is 0 Å². The van der Waals surface area contributed by atoms with E-state index in [1.807, 2.05) is 0 Å². The molecule has 2 rings (SSSR count). The number of carbonyl (C=O) groups excluding carboxylic acids is 1. The van der Waals surface area contributed by atoms with Crippen molar-refractivity contribution in [2.45, 2.75) is 17.9 Å². The minimum absolute atomic E-state index is 0.0790. The monoisotopic (exact) mass is 364 g/mol. The highest BCUT2D eigenvalue weighted by atomic mass is 32.2. The summed E-state index contributed by atoms with van der Waals surface area (Å²) >= 11 is 0. The van der Waals surface area contributed by atoms with Gasteiger partial charge < -0.3 is 14.8 Å². The quantitative estimate of drug-likeness (QED) is 0.784. The van der Waals surface area contributed by atoms with E-state index in [1.54, 1.807) is 31.2 Å². The van der Waals surface area contributed by atoms with Gasteiger partial charge in [-0.15, -0.1) is 0 Å². The molecule has 0 bridgehead atoms. The fraction of sp³-hybridized carbons (Fsp3) is 0.235. The molecule has 8 heteroatoms. The molecule has 1 atom stereocenters. The molecule has 0 aliphatic carbocycles. The van der Waals surface area contributed by atoms with Crippen LogP contribution in [0.3, 0.4) is 0 Å². The average Bonchev–Trinajstić information content (AvgIpc) is 2.61. The van der Waals surface area contributed by atoms with Crippen LogP contribution in [0.15, 0.2) is 53.4 Å². The maximum Gasteiger partial charge on any atom is 0.261 e. The molecule has 0 aliphatic rings. The van der Waals surface area contributed by atoms with Crippen molar-refractivity contribution < 1.29 is 22.7 Å².